The van der Waals surface area contributed by atoms with Crippen LogP contribution in [0.3, 0.4) is 0 Å². The molecule has 0 saturated heterocycles. The van der Waals surface area contributed by atoms with Crippen molar-refractivity contribution >= 4 is 11.7 Å². The van der Waals surface area contributed by atoms with Crippen molar-refractivity contribution in [3.05, 3.63) is 23.9 Å². The highest BCUT2D eigenvalue weighted by Crippen LogP contribution is 2.27. The monoisotopic (exact) mass is 247 g/mol. The third-order valence-corrected chi connectivity index (χ3v) is 2.99. The fourth-order valence-corrected chi connectivity index (χ4v) is 1.84. The SMILES string of the molecule is C#C[C@@]1(CO)C=C[C@H](N2C=C(C)C(=O)CC2=O)O1. The Labute approximate surface area is 105 Å². The van der Waals surface area contributed by atoms with E-state index < -0.39 is 11.8 Å². The molecule has 2 heterocycles. The van der Waals surface area contributed by atoms with Crippen molar-refractivity contribution in [3.8, 4) is 12.3 Å². The number of allylic oxidation sites excluding steroid dienone is 1. The summed E-state index contributed by atoms with van der Waals surface area (Å²) in [5.41, 5.74) is -0.692. The largest absolute Gasteiger partial charge is 0.392 e. The molecule has 1 N–H and O–H groups in total. The van der Waals surface area contributed by atoms with Crippen LogP contribution >= 0.6 is 0 Å². The summed E-state index contributed by atoms with van der Waals surface area (Å²) in [6.45, 7) is 1.28. The van der Waals surface area contributed by atoms with Gasteiger partial charge in [-0.05, 0) is 19.1 Å². The Kier molecular flexibility index (Phi) is 3.07. The second-order valence-corrected chi connectivity index (χ2v) is 4.27. The molecular formula is C13H13NO4. The average Bonchev–Trinajstić information content (AvgIpc) is 2.79. The molecule has 0 fully saturated rings. The number of hydrogen-bond acceptors (Lipinski definition) is 4. The van der Waals surface area contributed by atoms with Crippen LogP contribution in [0.4, 0.5) is 0 Å². The molecule has 2 aliphatic heterocycles. The summed E-state index contributed by atoms with van der Waals surface area (Å²) >= 11 is 0. The zero-order chi connectivity index (χ0) is 13.3. The second-order valence-electron chi connectivity index (χ2n) is 4.27. The Hall–Kier alpha value is -1.90. The number of Topliss-reactive ketones (excluding diaryl/α,β-unsaturated/α-hetero) is 1. The van der Waals surface area contributed by atoms with E-state index in [4.69, 9.17) is 11.2 Å². The Morgan fingerprint density at radius 1 is 1.67 bits per heavy atom. The lowest BCUT2D eigenvalue weighted by atomic mass is 10.1. The summed E-state index contributed by atoms with van der Waals surface area (Å²) in [5, 5.41) is 9.20. The first kappa shape index (κ1) is 12.6. The van der Waals surface area contributed by atoms with Crippen LogP contribution in [-0.2, 0) is 14.3 Å². The topological polar surface area (TPSA) is 66.8 Å². The van der Waals surface area contributed by atoms with E-state index >= 15 is 0 Å². The predicted molar refractivity (Wildman–Crippen MR) is 62.9 cm³/mol. The molecule has 0 spiro atoms. The normalized spacial score (nSPS) is 31.5. The van der Waals surface area contributed by atoms with Crippen LogP contribution in [0.25, 0.3) is 0 Å². The first-order chi connectivity index (χ1) is 8.51. The molecule has 0 bridgehead atoms. The van der Waals surface area contributed by atoms with Gasteiger partial charge in [-0.3, -0.25) is 14.5 Å². The first-order valence-corrected chi connectivity index (χ1v) is 5.50. The number of aliphatic hydroxyl groups excluding tert-OH is 1. The number of rotatable bonds is 2. The van der Waals surface area contributed by atoms with E-state index in [1.165, 1.54) is 11.1 Å². The average molecular weight is 247 g/mol. The summed E-state index contributed by atoms with van der Waals surface area (Å²) in [6.07, 6.45) is 9.05. The predicted octanol–water partition coefficient (Wildman–Crippen LogP) is -0.0316. The van der Waals surface area contributed by atoms with Gasteiger partial charge in [0.2, 0.25) is 5.91 Å². The molecule has 0 unspecified atom stereocenters. The van der Waals surface area contributed by atoms with Gasteiger partial charge in [0.25, 0.3) is 0 Å². The molecule has 0 aliphatic carbocycles. The second kappa shape index (κ2) is 4.41. The van der Waals surface area contributed by atoms with Crippen LogP contribution in [0.2, 0.25) is 0 Å². The Morgan fingerprint density at radius 3 is 2.94 bits per heavy atom. The summed E-state index contributed by atoms with van der Waals surface area (Å²) in [4.78, 5) is 24.4. The van der Waals surface area contributed by atoms with Gasteiger partial charge in [-0.15, -0.1) is 6.42 Å². The number of ether oxygens (including phenoxy) is 1. The lowest BCUT2D eigenvalue weighted by molar-refractivity contribution is -0.145. The molecule has 0 saturated carbocycles. The zero-order valence-corrected chi connectivity index (χ0v) is 9.92. The zero-order valence-electron chi connectivity index (χ0n) is 9.92. The van der Waals surface area contributed by atoms with Crippen molar-refractivity contribution in [1.82, 2.24) is 4.90 Å². The number of amides is 1. The molecule has 5 nitrogen and oxygen atoms in total. The molecule has 0 aromatic rings. The van der Waals surface area contributed by atoms with Crippen molar-refractivity contribution in [2.24, 2.45) is 0 Å². The van der Waals surface area contributed by atoms with Crippen LogP contribution in [-0.4, -0.2) is 40.1 Å². The number of ketones is 1. The van der Waals surface area contributed by atoms with E-state index in [1.807, 2.05) is 0 Å². The Morgan fingerprint density at radius 2 is 2.39 bits per heavy atom. The van der Waals surface area contributed by atoms with Gasteiger partial charge in [0.1, 0.15) is 0 Å². The molecule has 2 aliphatic rings. The minimum absolute atomic E-state index is 0.168. The van der Waals surface area contributed by atoms with Crippen LogP contribution in [0, 0.1) is 12.3 Å². The highest BCUT2D eigenvalue weighted by atomic mass is 16.5. The molecule has 5 heteroatoms. The highest BCUT2D eigenvalue weighted by Gasteiger charge is 2.38. The van der Waals surface area contributed by atoms with Crippen molar-refractivity contribution in [2.45, 2.75) is 25.2 Å². The van der Waals surface area contributed by atoms with E-state index in [-0.39, 0.29) is 24.7 Å². The summed E-state index contributed by atoms with van der Waals surface area (Å²) < 4.78 is 5.49. The number of aliphatic hydroxyl groups is 1. The van der Waals surface area contributed by atoms with Crippen molar-refractivity contribution in [3.63, 3.8) is 0 Å². The Balaban J connectivity index is 2.21. The molecule has 0 radical (unpaired) electrons. The van der Waals surface area contributed by atoms with Gasteiger partial charge in [0.05, 0.1) is 13.0 Å². The third-order valence-electron chi connectivity index (χ3n) is 2.99. The number of hydrogen-bond donors (Lipinski definition) is 1. The molecule has 94 valence electrons. The van der Waals surface area contributed by atoms with E-state index in [0.717, 1.165) is 0 Å². The van der Waals surface area contributed by atoms with Crippen LogP contribution < -0.4 is 0 Å². The van der Waals surface area contributed by atoms with Gasteiger partial charge in [0, 0.05) is 11.8 Å². The molecule has 2 rings (SSSR count). The smallest absolute Gasteiger partial charge is 0.236 e. The molecule has 1 amide bonds. The van der Waals surface area contributed by atoms with Gasteiger partial charge < -0.3 is 9.84 Å². The van der Waals surface area contributed by atoms with Gasteiger partial charge in [-0.2, -0.15) is 0 Å². The number of carbonyl (C=O) groups excluding carboxylic acids is 2. The summed E-state index contributed by atoms with van der Waals surface area (Å²) in [7, 11) is 0. The third kappa shape index (κ3) is 1.96. The molecule has 18 heavy (non-hydrogen) atoms. The molecule has 0 aromatic heterocycles. The maximum atomic E-state index is 11.8. The lowest BCUT2D eigenvalue weighted by Crippen LogP contribution is -2.43. The maximum absolute atomic E-state index is 11.8. The van der Waals surface area contributed by atoms with Crippen molar-refractivity contribution < 1.29 is 19.4 Å². The molecule has 2 atom stereocenters. The quantitative estimate of drug-likeness (QED) is 0.422. The highest BCUT2D eigenvalue weighted by molar-refractivity contribution is 6.09. The van der Waals surface area contributed by atoms with E-state index in [0.29, 0.717) is 5.57 Å². The van der Waals surface area contributed by atoms with Gasteiger partial charge in [-0.1, -0.05) is 5.92 Å². The van der Waals surface area contributed by atoms with Crippen molar-refractivity contribution in [2.75, 3.05) is 6.61 Å². The van der Waals surface area contributed by atoms with Crippen LogP contribution in [0.5, 0.6) is 0 Å². The number of terminal acetylenes is 1. The lowest BCUT2D eigenvalue weighted by Gasteiger charge is -2.30. The number of carbonyl (C=O) groups is 2. The minimum atomic E-state index is -1.19. The Bertz CT molecular complexity index is 500. The van der Waals surface area contributed by atoms with E-state index in [1.54, 1.807) is 19.1 Å². The molecular weight excluding hydrogens is 234 g/mol. The van der Waals surface area contributed by atoms with Crippen molar-refractivity contribution in [1.29, 1.82) is 0 Å². The van der Waals surface area contributed by atoms with Gasteiger partial charge in [0.15, 0.2) is 17.6 Å². The maximum Gasteiger partial charge on any atom is 0.236 e. The fourth-order valence-electron chi connectivity index (χ4n) is 1.84. The first-order valence-electron chi connectivity index (χ1n) is 5.50. The number of nitrogens with zero attached hydrogens (tertiary/aromatic N) is 1. The van der Waals surface area contributed by atoms with Gasteiger partial charge in [-0.25, -0.2) is 0 Å². The minimum Gasteiger partial charge on any atom is -0.392 e. The summed E-state index contributed by atoms with van der Waals surface area (Å²) in [6, 6.07) is 0. The van der Waals surface area contributed by atoms with Gasteiger partial charge >= 0.3 is 0 Å². The molecule has 0 aromatic carbocycles. The fraction of sp³-hybridized carbons (Fsp3) is 0.385. The standard InChI is InChI=1S/C13H13NO4/c1-3-13(8-15)5-4-12(18-13)14-7-9(2)10(16)6-11(14)17/h1,4-5,7,12,15H,6,8H2,2H3/t12-,13+/m1/s1. The van der Waals surface area contributed by atoms with Crippen LogP contribution in [0.15, 0.2) is 23.9 Å². The summed E-state index contributed by atoms with van der Waals surface area (Å²) in [5.74, 6) is 1.81. The van der Waals surface area contributed by atoms with Crippen LogP contribution in [0.1, 0.15) is 13.3 Å². The van der Waals surface area contributed by atoms with E-state index in [9.17, 15) is 14.7 Å². The van der Waals surface area contributed by atoms with E-state index in [2.05, 4.69) is 5.92 Å².